The van der Waals surface area contributed by atoms with Gasteiger partial charge in [0.25, 0.3) is 0 Å². The minimum absolute atomic E-state index is 0.184. The standard InChI is InChI=1S/C18H22O4/c19-17(15-9-3-4-10-15)21-13-7-1-2-8-14-22-18(20)16-11-5-6-12-16/h3-6,9-12,15-16H,1-2,7-8,13-14H2. The largest absolute Gasteiger partial charge is 0.465 e. The van der Waals surface area contributed by atoms with Crippen molar-refractivity contribution in [3.05, 3.63) is 48.6 Å². The Bertz CT molecular complexity index is 429. The highest BCUT2D eigenvalue weighted by atomic mass is 16.5. The van der Waals surface area contributed by atoms with Crippen molar-refractivity contribution in [2.45, 2.75) is 25.7 Å². The van der Waals surface area contributed by atoms with Crippen LogP contribution in [0, 0.1) is 11.8 Å². The molecule has 0 atom stereocenters. The van der Waals surface area contributed by atoms with Crippen molar-refractivity contribution in [1.82, 2.24) is 0 Å². The summed E-state index contributed by atoms with van der Waals surface area (Å²) in [6.07, 6.45) is 18.3. The van der Waals surface area contributed by atoms with Gasteiger partial charge in [0.2, 0.25) is 0 Å². The Hall–Kier alpha value is -2.10. The lowest BCUT2D eigenvalue weighted by Crippen LogP contribution is -2.14. The molecule has 2 rings (SSSR count). The minimum Gasteiger partial charge on any atom is -0.465 e. The molecule has 0 heterocycles. The average Bonchev–Trinajstić information content (AvgIpc) is 3.22. The first-order chi connectivity index (χ1) is 10.8. The van der Waals surface area contributed by atoms with Gasteiger partial charge in [0.1, 0.15) is 0 Å². The molecule has 0 aliphatic heterocycles. The second-order valence-electron chi connectivity index (χ2n) is 5.34. The molecule has 0 aromatic heterocycles. The number of carbonyl (C=O) groups excluding carboxylic acids is 2. The van der Waals surface area contributed by atoms with Crippen LogP contribution in [-0.4, -0.2) is 25.2 Å². The zero-order chi connectivity index (χ0) is 15.6. The first-order valence-corrected chi connectivity index (χ1v) is 7.80. The van der Waals surface area contributed by atoms with E-state index in [9.17, 15) is 9.59 Å². The van der Waals surface area contributed by atoms with E-state index in [0.29, 0.717) is 13.2 Å². The first-order valence-electron chi connectivity index (χ1n) is 7.80. The van der Waals surface area contributed by atoms with E-state index in [4.69, 9.17) is 9.47 Å². The molecule has 0 saturated heterocycles. The van der Waals surface area contributed by atoms with Crippen LogP contribution in [0.25, 0.3) is 0 Å². The maximum absolute atomic E-state index is 11.6. The summed E-state index contributed by atoms with van der Waals surface area (Å²) in [6.45, 7) is 0.906. The fourth-order valence-corrected chi connectivity index (χ4v) is 2.27. The monoisotopic (exact) mass is 302 g/mol. The third kappa shape index (κ3) is 5.35. The zero-order valence-corrected chi connectivity index (χ0v) is 12.6. The molecule has 22 heavy (non-hydrogen) atoms. The lowest BCUT2D eigenvalue weighted by molar-refractivity contribution is -0.146. The molecule has 0 N–H and O–H groups in total. The van der Waals surface area contributed by atoms with Gasteiger partial charge >= 0.3 is 11.9 Å². The summed E-state index contributed by atoms with van der Waals surface area (Å²) in [6, 6.07) is 0. The second kappa shape index (κ2) is 9.03. The summed E-state index contributed by atoms with van der Waals surface area (Å²) in [5, 5.41) is 0. The maximum Gasteiger partial charge on any atom is 0.316 e. The van der Waals surface area contributed by atoms with Crippen LogP contribution in [0.1, 0.15) is 25.7 Å². The van der Waals surface area contributed by atoms with Crippen molar-refractivity contribution in [1.29, 1.82) is 0 Å². The molecule has 0 unspecified atom stereocenters. The Balaban J connectivity index is 1.41. The topological polar surface area (TPSA) is 52.6 Å². The molecular formula is C18H22O4. The molecule has 0 bridgehead atoms. The average molecular weight is 302 g/mol. The lowest BCUT2D eigenvalue weighted by Gasteiger charge is -2.08. The van der Waals surface area contributed by atoms with Gasteiger partial charge in [-0.15, -0.1) is 0 Å². The molecule has 2 aliphatic rings. The van der Waals surface area contributed by atoms with Gasteiger partial charge in [0.05, 0.1) is 25.0 Å². The summed E-state index contributed by atoms with van der Waals surface area (Å²) in [4.78, 5) is 23.2. The predicted octanol–water partition coefficient (Wildman–Crippen LogP) is 3.12. The van der Waals surface area contributed by atoms with E-state index in [1.807, 2.05) is 48.6 Å². The summed E-state index contributed by atoms with van der Waals surface area (Å²) < 4.78 is 10.4. The number of ether oxygens (including phenoxy) is 2. The Kier molecular flexibility index (Phi) is 6.68. The number of hydrogen-bond donors (Lipinski definition) is 0. The van der Waals surface area contributed by atoms with Crippen LogP contribution >= 0.6 is 0 Å². The van der Waals surface area contributed by atoms with Crippen molar-refractivity contribution in [3.63, 3.8) is 0 Å². The first kappa shape index (κ1) is 16.3. The fraction of sp³-hybridized carbons (Fsp3) is 0.444. The molecule has 0 fully saturated rings. The third-order valence-electron chi connectivity index (χ3n) is 3.57. The van der Waals surface area contributed by atoms with E-state index in [-0.39, 0.29) is 23.8 Å². The van der Waals surface area contributed by atoms with Crippen LogP contribution in [0.2, 0.25) is 0 Å². The minimum atomic E-state index is -0.210. The van der Waals surface area contributed by atoms with Gasteiger partial charge in [-0.25, -0.2) is 0 Å². The molecular weight excluding hydrogens is 280 g/mol. The molecule has 0 saturated carbocycles. The highest BCUT2D eigenvalue weighted by Gasteiger charge is 2.16. The Morgan fingerprint density at radius 3 is 1.36 bits per heavy atom. The summed E-state index contributed by atoms with van der Waals surface area (Å²) >= 11 is 0. The number of allylic oxidation sites excluding steroid dienone is 4. The van der Waals surface area contributed by atoms with Gasteiger partial charge in [-0.2, -0.15) is 0 Å². The molecule has 0 aromatic rings. The highest BCUT2D eigenvalue weighted by Crippen LogP contribution is 2.12. The number of rotatable bonds is 9. The molecule has 4 nitrogen and oxygen atoms in total. The van der Waals surface area contributed by atoms with E-state index in [1.165, 1.54) is 0 Å². The number of esters is 2. The van der Waals surface area contributed by atoms with E-state index >= 15 is 0 Å². The van der Waals surface area contributed by atoms with Gasteiger partial charge in [0, 0.05) is 0 Å². The second-order valence-corrected chi connectivity index (χ2v) is 5.34. The molecule has 0 spiro atoms. The highest BCUT2D eigenvalue weighted by molar-refractivity contribution is 5.78. The Labute approximate surface area is 131 Å². The van der Waals surface area contributed by atoms with E-state index < -0.39 is 0 Å². The van der Waals surface area contributed by atoms with Gasteiger partial charge < -0.3 is 9.47 Å². The summed E-state index contributed by atoms with van der Waals surface area (Å²) in [5.74, 6) is -0.788. The van der Waals surface area contributed by atoms with E-state index in [2.05, 4.69) is 0 Å². The van der Waals surface area contributed by atoms with Crippen LogP contribution in [0.3, 0.4) is 0 Å². The third-order valence-corrected chi connectivity index (χ3v) is 3.57. The SMILES string of the molecule is O=C(OCCCCCCOC(=O)C1C=CC=C1)C1C=CC=C1. The van der Waals surface area contributed by atoms with Gasteiger partial charge in [0.15, 0.2) is 0 Å². The molecule has 2 aliphatic carbocycles. The fourth-order valence-electron chi connectivity index (χ4n) is 2.27. The smallest absolute Gasteiger partial charge is 0.316 e. The quantitative estimate of drug-likeness (QED) is 0.485. The van der Waals surface area contributed by atoms with E-state index in [0.717, 1.165) is 25.7 Å². The van der Waals surface area contributed by atoms with Crippen LogP contribution < -0.4 is 0 Å². The van der Waals surface area contributed by atoms with Gasteiger partial charge in [-0.05, 0) is 25.7 Å². The van der Waals surface area contributed by atoms with Crippen molar-refractivity contribution in [2.24, 2.45) is 11.8 Å². The summed E-state index contributed by atoms with van der Waals surface area (Å²) in [7, 11) is 0. The van der Waals surface area contributed by atoms with Crippen molar-refractivity contribution in [2.75, 3.05) is 13.2 Å². The van der Waals surface area contributed by atoms with E-state index in [1.54, 1.807) is 0 Å². The zero-order valence-electron chi connectivity index (χ0n) is 12.6. The Morgan fingerprint density at radius 1 is 0.636 bits per heavy atom. The predicted molar refractivity (Wildman–Crippen MR) is 83.9 cm³/mol. The van der Waals surface area contributed by atoms with Crippen molar-refractivity contribution >= 4 is 11.9 Å². The molecule has 4 heteroatoms. The normalized spacial score (nSPS) is 16.5. The molecule has 0 amide bonds. The number of carbonyl (C=O) groups is 2. The number of hydrogen-bond acceptors (Lipinski definition) is 4. The van der Waals surface area contributed by atoms with Crippen LogP contribution in [0.5, 0.6) is 0 Å². The molecule has 0 radical (unpaired) electrons. The van der Waals surface area contributed by atoms with Crippen molar-refractivity contribution in [3.8, 4) is 0 Å². The maximum atomic E-state index is 11.6. The lowest BCUT2D eigenvalue weighted by atomic mass is 10.2. The molecule has 118 valence electrons. The molecule has 0 aromatic carbocycles. The van der Waals surface area contributed by atoms with Crippen LogP contribution in [-0.2, 0) is 19.1 Å². The summed E-state index contributed by atoms with van der Waals surface area (Å²) in [5.41, 5.74) is 0. The van der Waals surface area contributed by atoms with Crippen LogP contribution in [0.15, 0.2) is 48.6 Å². The van der Waals surface area contributed by atoms with Gasteiger partial charge in [-0.3, -0.25) is 9.59 Å². The number of unbranched alkanes of at least 4 members (excludes halogenated alkanes) is 3. The van der Waals surface area contributed by atoms with Crippen LogP contribution in [0.4, 0.5) is 0 Å². The van der Waals surface area contributed by atoms with Gasteiger partial charge in [-0.1, -0.05) is 48.6 Å². The Morgan fingerprint density at radius 2 is 1.00 bits per heavy atom. The van der Waals surface area contributed by atoms with Crippen molar-refractivity contribution < 1.29 is 19.1 Å².